The lowest BCUT2D eigenvalue weighted by Crippen LogP contribution is -2.28. The summed E-state index contributed by atoms with van der Waals surface area (Å²) >= 11 is 5.15. The molecule has 0 aliphatic heterocycles. The Balaban J connectivity index is 2.21. The second kappa shape index (κ2) is 9.43. The maximum Gasteiger partial charge on any atom is 0.262 e. The van der Waals surface area contributed by atoms with Crippen LogP contribution < -0.4 is 24.8 Å². The normalized spacial score (nSPS) is 10.8. The molecule has 9 heteroatoms. The third kappa shape index (κ3) is 5.73. The predicted molar refractivity (Wildman–Crippen MR) is 111 cm³/mol. The van der Waals surface area contributed by atoms with Crippen molar-refractivity contribution in [2.45, 2.75) is 18.7 Å². The van der Waals surface area contributed by atoms with Crippen LogP contribution >= 0.6 is 12.2 Å². The van der Waals surface area contributed by atoms with Gasteiger partial charge in [-0.15, -0.1) is 0 Å². The summed E-state index contributed by atoms with van der Waals surface area (Å²) < 4.78 is 38.5. The fraction of sp³-hybridized carbons (Fsp3) is 0.278. The quantitative estimate of drug-likeness (QED) is 0.577. The third-order valence-electron chi connectivity index (χ3n) is 3.49. The van der Waals surface area contributed by atoms with E-state index in [9.17, 15) is 8.42 Å². The molecule has 0 aliphatic rings. The summed E-state index contributed by atoms with van der Waals surface area (Å²) in [5, 5.41) is 6.36. The number of hydrogen-bond acceptors (Lipinski definition) is 5. The van der Waals surface area contributed by atoms with Crippen LogP contribution in [0.1, 0.15) is 13.8 Å². The van der Waals surface area contributed by atoms with Crippen molar-refractivity contribution in [2.75, 3.05) is 30.3 Å². The van der Waals surface area contributed by atoms with Crippen LogP contribution in [0.15, 0.2) is 47.4 Å². The molecule has 0 bridgehead atoms. The zero-order valence-electron chi connectivity index (χ0n) is 15.4. The molecule has 2 aromatic carbocycles. The monoisotopic (exact) mass is 409 g/mol. The average molecular weight is 410 g/mol. The van der Waals surface area contributed by atoms with Crippen molar-refractivity contribution < 1.29 is 17.9 Å². The molecule has 0 aliphatic carbocycles. The molecule has 0 unspecified atom stereocenters. The molecule has 0 amide bonds. The van der Waals surface area contributed by atoms with Gasteiger partial charge in [-0.05, 0) is 62.5 Å². The molecule has 0 radical (unpaired) electrons. The number of nitrogens with one attached hydrogen (secondary N) is 3. The first-order valence-corrected chi connectivity index (χ1v) is 10.3. The van der Waals surface area contributed by atoms with Crippen LogP contribution in [0.2, 0.25) is 0 Å². The van der Waals surface area contributed by atoms with E-state index in [0.29, 0.717) is 41.1 Å². The Hall–Kier alpha value is -2.52. The molecule has 0 atom stereocenters. The summed E-state index contributed by atoms with van der Waals surface area (Å²) in [6.45, 7) is 5.02. The van der Waals surface area contributed by atoms with Gasteiger partial charge in [0.2, 0.25) is 0 Å². The highest BCUT2D eigenvalue weighted by Gasteiger charge is 2.17. The standard InChI is InChI=1S/C18H23N3O4S2/c1-4-19-18(26)20-16-11-10-15(12-17(16)24-3)27(22,23)21-13-6-8-14(9-7-13)25-5-2/h6-12,21H,4-5H2,1-3H3,(H2,19,20,26). The zero-order chi connectivity index (χ0) is 19.9. The molecule has 0 saturated heterocycles. The fourth-order valence-corrected chi connectivity index (χ4v) is 3.60. The van der Waals surface area contributed by atoms with E-state index in [1.54, 1.807) is 30.3 Å². The van der Waals surface area contributed by atoms with Crippen LogP contribution in [0.4, 0.5) is 11.4 Å². The summed E-state index contributed by atoms with van der Waals surface area (Å²) in [5.41, 5.74) is 1.01. The van der Waals surface area contributed by atoms with Crippen molar-refractivity contribution >= 4 is 38.7 Å². The second-order valence-corrected chi connectivity index (χ2v) is 7.50. The summed E-state index contributed by atoms with van der Waals surface area (Å²) in [4.78, 5) is 0.0770. The van der Waals surface area contributed by atoms with Crippen LogP contribution in [-0.4, -0.2) is 33.8 Å². The molecule has 2 aromatic rings. The summed E-state index contributed by atoms with van der Waals surface area (Å²) in [6.07, 6.45) is 0. The van der Waals surface area contributed by atoms with Gasteiger partial charge in [0.15, 0.2) is 5.11 Å². The Morgan fingerprint density at radius 3 is 2.41 bits per heavy atom. The highest BCUT2D eigenvalue weighted by atomic mass is 32.2. The first-order chi connectivity index (χ1) is 12.9. The van der Waals surface area contributed by atoms with Gasteiger partial charge in [-0.25, -0.2) is 8.42 Å². The smallest absolute Gasteiger partial charge is 0.262 e. The van der Waals surface area contributed by atoms with E-state index >= 15 is 0 Å². The van der Waals surface area contributed by atoms with E-state index < -0.39 is 10.0 Å². The highest BCUT2D eigenvalue weighted by molar-refractivity contribution is 7.92. The highest BCUT2D eigenvalue weighted by Crippen LogP contribution is 2.29. The predicted octanol–water partition coefficient (Wildman–Crippen LogP) is 3.20. The lowest BCUT2D eigenvalue weighted by molar-refractivity contribution is 0.340. The molecule has 0 spiro atoms. The number of benzene rings is 2. The van der Waals surface area contributed by atoms with Gasteiger partial charge >= 0.3 is 0 Å². The molecule has 27 heavy (non-hydrogen) atoms. The lowest BCUT2D eigenvalue weighted by atomic mass is 10.3. The van der Waals surface area contributed by atoms with Gasteiger partial charge in [0.25, 0.3) is 10.0 Å². The van der Waals surface area contributed by atoms with Crippen LogP contribution in [0, 0.1) is 0 Å². The Kier molecular flexibility index (Phi) is 7.26. The summed E-state index contributed by atoms with van der Waals surface area (Å²) in [5.74, 6) is 1.04. The van der Waals surface area contributed by atoms with Gasteiger partial charge in [-0.3, -0.25) is 4.72 Å². The molecule has 3 N–H and O–H groups in total. The van der Waals surface area contributed by atoms with E-state index in [-0.39, 0.29) is 4.90 Å². The van der Waals surface area contributed by atoms with Crippen molar-refractivity contribution in [3.05, 3.63) is 42.5 Å². The van der Waals surface area contributed by atoms with E-state index in [1.807, 2.05) is 13.8 Å². The van der Waals surface area contributed by atoms with Gasteiger partial charge < -0.3 is 20.1 Å². The SMILES string of the molecule is CCNC(=S)Nc1ccc(S(=O)(=O)Nc2ccc(OCC)cc2)cc1OC. The van der Waals surface area contributed by atoms with Crippen molar-refractivity contribution in [3.63, 3.8) is 0 Å². The van der Waals surface area contributed by atoms with Crippen LogP contribution in [0.5, 0.6) is 11.5 Å². The lowest BCUT2D eigenvalue weighted by Gasteiger charge is -2.14. The molecule has 0 saturated carbocycles. The summed E-state index contributed by atoms with van der Waals surface area (Å²) in [7, 11) is -2.31. The average Bonchev–Trinajstić information content (AvgIpc) is 2.63. The van der Waals surface area contributed by atoms with Crippen LogP contribution in [-0.2, 0) is 10.0 Å². The van der Waals surface area contributed by atoms with Gasteiger partial charge in [-0.1, -0.05) is 0 Å². The number of ether oxygens (including phenoxy) is 2. The molecule has 7 nitrogen and oxygen atoms in total. The number of hydrogen-bond donors (Lipinski definition) is 3. The van der Waals surface area contributed by atoms with E-state index in [4.69, 9.17) is 21.7 Å². The Labute approximate surface area is 165 Å². The summed E-state index contributed by atoms with van der Waals surface area (Å²) in [6, 6.07) is 11.2. The second-order valence-electron chi connectivity index (χ2n) is 5.41. The fourth-order valence-electron chi connectivity index (χ4n) is 2.27. The first-order valence-electron chi connectivity index (χ1n) is 8.38. The zero-order valence-corrected chi connectivity index (χ0v) is 17.0. The molecular weight excluding hydrogens is 386 g/mol. The molecule has 146 valence electrons. The van der Waals surface area contributed by atoms with Gasteiger partial charge in [0.1, 0.15) is 11.5 Å². The van der Waals surface area contributed by atoms with E-state index in [0.717, 1.165) is 0 Å². The number of rotatable bonds is 8. The Morgan fingerprint density at radius 1 is 1.11 bits per heavy atom. The minimum absolute atomic E-state index is 0.0770. The van der Waals surface area contributed by atoms with Crippen molar-refractivity contribution in [2.24, 2.45) is 0 Å². The Morgan fingerprint density at radius 2 is 1.81 bits per heavy atom. The van der Waals surface area contributed by atoms with Gasteiger partial charge in [-0.2, -0.15) is 0 Å². The third-order valence-corrected chi connectivity index (χ3v) is 5.11. The van der Waals surface area contributed by atoms with Gasteiger partial charge in [0, 0.05) is 18.3 Å². The van der Waals surface area contributed by atoms with Crippen LogP contribution in [0.3, 0.4) is 0 Å². The van der Waals surface area contributed by atoms with E-state index in [1.165, 1.54) is 19.2 Å². The largest absolute Gasteiger partial charge is 0.495 e. The van der Waals surface area contributed by atoms with E-state index in [2.05, 4.69) is 15.4 Å². The molecule has 0 fully saturated rings. The maximum absolute atomic E-state index is 12.7. The molecular formula is C18H23N3O4S2. The molecule has 0 heterocycles. The number of thiocarbonyl (C=S) groups is 1. The minimum Gasteiger partial charge on any atom is -0.495 e. The topological polar surface area (TPSA) is 88.7 Å². The minimum atomic E-state index is -3.77. The van der Waals surface area contributed by atoms with Crippen molar-refractivity contribution in [1.82, 2.24) is 5.32 Å². The van der Waals surface area contributed by atoms with Crippen LogP contribution in [0.25, 0.3) is 0 Å². The molecule has 0 aromatic heterocycles. The number of sulfonamides is 1. The van der Waals surface area contributed by atoms with Gasteiger partial charge in [0.05, 0.1) is 24.3 Å². The molecule has 2 rings (SSSR count). The maximum atomic E-state index is 12.7. The van der Waals surface area contributed by atoms with Crippen molar-refractivity contribution in [1.29, 1.82) is 0 Å². The van der Waals surface area contributed by atoms with Crippen molar-refractivity contribution in [3.8, 4) is 11.5 Å². The number of anilines is 2. The first kappa shape index (κ1) is 20.8. The number of methoxy groups -OCH3 is 1. The Bertz CT molecular complexity index is 884.